The molecule has 0 radical (unpaired) electrons. The van der Waals surface area contributed by atoms with Crippen LogP contribution in [0.15, 0.2) is 4.99 Å². The molecule has 1 aliphatic rings. The van der Waals surface area contributed by atoms with Gasteiger partial charge in [0.2, 0.25) is 0 Å². The number of rotatable bonds is 6. The molecule has 1 rings (SSSR count). The van der Waals surface area contributed by atoms with E-state index in [4.69, 9.17) is 15.6 Å². The summed E-state index contributed by atoms with van der Waals surface area (Å²) in [6.45, 7) is 6.21. The normalized spacial score (nSPS) is 19.4. The number of aliphatic hydroxyl groups excluding tert-OH is 1. The van der Waals surface area contributed by atoms with E-state index in [-0.39, 0.29) is 6.61 Å². The van der Waals surface area contributed by atoms with Gasteiger partial charge in [0, 0.05) is 26.2 Å². The van der Waals surface area contributed by atoms with Crippen molar-refractivity contribution in [1.29, 1.82) is 0 Å². The fourth-order valence-corrected chi connectivity index (χ4v) is 2.03. The van der Waals surface area contributed by atoms with Crippen LogP contribution in [-0.4, -0.2) is 55.4 Å². The van der Waals surface area contributed by atoms with Crippen molar-refractivity contribution in [2.24, 2.45) is 16.6 Å². The topological polar surface area (TPSA) is 71.1 Å². The number of morpholine rings is 1. The van der Waals surface area contributed by atoms with Crippen LogP contribution >= 0.6 is 0 Å². The van der Waals surface area contributed by atoms with E-state index in [0.29, 0.717) is 11.9 Å². The standard InChI is InChI=1S/C12H25N3O2/c1-2-3-11(4-7-16)10-14-12(13)15-5-8-17-9-6-15/h11,16H,2-10H2,1H3,(H2,13,14). The maximum Gasteiger partial charge on any atom is 0.191 e. The van der Waals surface area contributed by atoms with E-state index in [1.807, 2.05) is 0 Å². The van der Waals surface area contributed by atoms with E-state index in [0.717, 1.165) is 52.1 Å². The van der Waals surface area contributed by atoms with Crippen molar-refractivity contribution in [3.63, 3.8) is 0 Å². The van der Waals surface area contributed by atoms with Crippen LogP contribution in [0, 0.1) is 5.92 Å². The van der Waals surface area contributed by atoms with Crippen LogP contribution in [0.1, 0.15) is 26.2 Å². The summed E-state index contributed by atoms with van der Waals surface area (Å²) in [5, 5.41) is 8.97. The first-order chi connectivity index (χ1) is 8.27. The maximum absolute atomic E-state index is 8.97. The molecule has 3 N–H and O–H groups in total. The smallest absolute Gasteiger partial charge is 0.191 e. The van der Waals surface area contributed by atoms with Crippen molar-refractivity contribution in [3.8, 4) is 0 Å². The molecule has 17 heavy (non-hydrogen) atoms. The Hall–Kier alpha value is -0.810. The number of aliphatic imine (C=N–C) groups is 1. The molecule has 1 aliphatic heterocycles. The first kappa shape index (κ1) is 14.3. The van der Waals surface area contributed by atoms with E-state index in [9.17, 15) is 0 Å². The van der Waals surface area contributed by atoms with Gasteiger partial charge in [-0.2, -0.15) is 0 Å². The summed E-state index contributed by atoms with van der Waals surface area (Å²) in [5.41, 5.74) is 5.95. The third-order valence-corrected chi connectivity index (χ3v) is 3.08. The van der Waals surface area contributed by atoms with Gasteiger partial charge < -0.3 is 20.5 Å². The first-order valence-corrected chi connectivity index (χ1v) is 6.51. The van der Waals surface area contributed by atoms with Crippen molar-refractivity contribution < 1.29 is 9.84 Å². The lowest BCUT2D eigenvalue weighted by atomic mass is 10.0. The van der Waals surface area contributed by atoms with Gasteiger partial charge in [0.25, 0.3) is 0 Å². The lowest BCUT2D eigenvalue weighted by molar-refractivity contribution is 0.0673. The predicted molar refractivity (Wildman–Crippen MR) is 69.0 cm³/mol. The van der Waals surface area contributed by atoms with Crippen LogP contribution in [0.3, 0.4) is 0 Å². The Morgan fingerprint density at radius 1 is 1.41 bits per heavy atom. The minimum absolute atomic E-state index is 0.234. The van der Waals surface area contributed by atoms with E-state index in [2.05, 4.69) is 16.8 Å². The minimum Gasteiger partial charge on any atom is -0.396 e. The van der Waals surface area contributed by atoms with Gasteiger partial charge in [-0.15, -0.1) is 0 Å². The summed E-state index contributed by atoms with van der Waals surface area (Å²) < 4.78 is 5.27. The van der Waals surface area contributed by atoms with Crippen LogP contribution in [0.4, 0.5) is 0 Å². The second-order valence-electron chi connectivity index (χ2n) is 4.47. The van der Waals surface area contributed by atoms with Crippen molar-refractivity contribution in [3.05, 3.63) is 0 Å². The molecule has 0 amide bonds. The zero-order chi connectivity index (χ0) is 12.5. The van der Waals surface area contributed by atoms with Crippen molar-refractivity contribution in [2.75, 3.05) is 39.5 Å². The third-order valence-electron chi connectivity index (χ3n) is 3.08. The van der Waals surface area contributed by atoms with Crippen LogP contribution < -0.4 is 5.73 Å². The highest BCUT2D eigenvalue weighted by Gasteiger charge is 2.13. The second kappa shape index (κ2) is 8.31. The molecule has 5 nitrogen and oxygen atoms in total. The summed E-state index contributed by atoms with van der Waals surface area (Å²) in [5.74, 6) is 1.07. The molecule has 5 heteroatoms. The molecule has 1 heterocycles. The fraction of sp³-hybridized carbons (Fsp3) is 0.917. The Bertz CT molecular complexity index is 222. The monoisotopic (exact) mass is 243 g/mol. The Morgan fingerprint density at radius 2 is 2.12 bits per heavy atom. The van der Waals surface area contributed by atoms with Gasteiger partial charge in [0.15, 0.2) is 5.96 Å². The van der Waals surface area contributed by atoms with Crippen molar-refractivity contribution >= 4 is 5.96 Å². The highest BCUT2D eigenvalue weighted by molar-refractivity contribution is 5.78. The number of hydrogen-bond donors (Lipinski definition) is 2. The maximum atomic E-state index is 8.97. The molecule has 0 aromatic heterocycles. The molecule has 0 aromatic carbocycles. The van der Waals surface area contributed by atoms with Gasteiger partial charge in [0.1, 0.15) is 0 Å². The third kappa shape index (κ3) is 5.37. The number of ether oxygens (including phenoxy) is 1. The molecule has 1 atom stereocenters. The summed E-state index contributed by atoms with van der Waals surface area (Å²) in [6.07, 6.45) is 3.03. The number of nitrogens with two attached hydrogens (primary N) is 1. The average Bonchev–Trinajstić information content (AvgIpc) is 2.37. The molecule has 1 fully saturated rings. The highest BCUT2D eigenvalue weighted by Crippen LogP contribution is 2.11. The molecule has 1 saturated heterocycles. The van der Waals surface area contributed by atoms with Crippen molar-refractivity contribution in [2.45, 2.75) is 26.2 Å². The average molecular weight is 243 g/mol. The van der Waals surface area contributed by atoms with Crippen LogP contribution in [0.5, 0.6) is 0 Å². The zero-order valence-corrected chi connectivity index (χ0v) is 10.8. The molecule has 0 bridgehead atoms. The van der Waals surface area contributed by atoms with Gasteiger partial charge in [-0.1, -0.05) is 13.3 Å². The molecule has 0 aromatic rings. The molecule has 0 aliphatic carbocycles. The van der Waals surface area contributed by atoms with E-state index >= 15 is 0 Å². The molecular weight excluding hydrogens is 218 g/mol. The van der Waals surface area contributed by atoms with Crippen LogP contribution in [-0.2, 0) is 4.74 Å². The fourth-order valence-electron chi connectivity index (χ4n) is 2.03. The second-order valence-corrected chi connectivity index (χ2v) is 4.47. The Morgan fingerprint density at radius 3 is 2.71 bits per heavy atom. The SMILES string of the molecule is CCCC(CCO)CN=C(N)N1CCOCC1. The highest BCUT2D eigenvalue weighted by atomic mass is 16.5. The Balaban J connectivity index is 2.37. The van der Waals surface area contributed by atoms with Crippen molar-refractivity contribution in [1.82, 2.24) is 4.90 Å². The quantitative estimate of drug-likeness (QED) is 0.524. The largest absolute Gasteiger partial charge is 0.396 e. The van der Waals surface area contributed by atoms with E-state index in [1.165, 1.54) is 0 Å². The van der Waals surface area contributed by atoms with Gasteiger partial charge in [0.05, 0.1) is 13.2 Å². The lowest BCUT2D eigenvalue weighted by Gasteiger charge is -2.28. The summed E-state index contributed by atoms with van der Waals surface area (Å²) in [4.78, 5) is 6.50. The van der Waals surface area contributed by atoms with Crippen LogP contribution in [0.2, 0.25) is 0 Å². The van der Waals surface area contributed by atoms with E-state index < -0.39 is 0 Å². The van der Waals surface area contributed by atoms with Gasteiger partial charge in [-0.05, 0) is 18.8 Å². The zero-order valence-electron chi connectivity index (χ0n) is 10.8. The Labute approximate surface area is 104 Å². The number of aliphatic hydroxyl groups is 1. The van der Waals surface area contributed by atoms with E-state index in [1.54, 1.807) is 0 Å². The molecule has 0 saturated carbocycles. The number of guanidine groups is 1. The predicted octanol–water partition coefficient (Wildman–Crippen LogP) is 0.432. The summed E-state index contributed by atoms with van der Waals surface area (Å²) in [6, 6.07) is 0. The first-order valence-electron chi connectivity index (χ1n) is 6.51. The minimum atomic E-state index is 0.234. The molecule has 1 unspecified atom stereocenters. The van der Waals surface area contributed by atoms with Gasteiger partial charge in [-0.3, -0.25) is 4.99 Å². The van der Waals surface area contributed by atoms with Crippen LogP contribution in [0.25, 0.3) is 0 Å². The Kier molecular flexibility index (Phi) is 6.96. The van der Waals surface area contributed by atoms with Gasteiger partial charge in [-0.25, -0.2) is 0 Å². The number of hydrogen-bond acceptors (Lipinski definition) is 3. The molecule has 0 spiro atoms. The summed E-state index contributed by atoms with van der Waals surface area (Å²) in [7, 11) is 0. The van der Waals surface area contributed by atoms with Gasteiger partial charge >= 0.3 is 0 Å². The molecular formula is C12H25N3O2. The lowest BCUT2D eigenvalue weighted by Crippen LogP contribution is -2.45. The molecule has 100 valence electrons. The number of nitrogens with zero attached hydrogens (tertiary/aromatic N) is 2. The summed E-state index contributed by atoms with van der Waals surface area (Å²) >= 11 is 0.